The third-order valence-electron chi connectivity index (χ3n) is 3.51. The summed E-state index contributed by atoms with van der Waals surface area (Å²) in [5.74, 6) is -0.743. The minimum absolute atomic E-state index is 0. The van der Waals surface area contributed by atoms with Crippen LogP contribution in [0.25, 0.3) is 0 Å². The molecule has 24 heavy (non-hydrogen) atoms. The Kier molecular flexibility index (Phi) is 7.42. The summed E-state index contributed by atoms with van der Waals surface area (Å²) in [6.07, 6.45) is 2.81. The van der Waals surface area contributed by atoms with E-state index < -0.39 is 25.9 Å². The van der Waals surface area contributed by atoms with Crippen molar-refractivity contribution in [3.8, 4) is 0 Å². The van der Waals surface area contributed by atoms with Crippen molar-refractivity contribution in [1.82, 2.24) is 10.0 Å². The number of rotatable bonds is 6. The van der Waals surface area contributed by atoms with Gasteiger partial charge in [-0.3, -0.25) is 4.72 Å². The molecule has 1 aliphatic rings. The van der Waals surface area contributed by atoms with E-state index in [0.29, 0.717) is 0 Å². The fraction of sp³-hybridized carbons (Fsp3) is 0.538. The maximum Gasteiger partial charge on any atom is 0.240 e. The summed E-state index contributed by atoms with van der Waals surface area (Å²) in [6, 6.07) is 3.06. The predicted octanol–water partition coefficient (Wildman–Crippen LogP) is 0.897. The summed E-state index contributed by atoms with van der Waals surface area (Å²) in [5.41, 5.74) is -0.289. The van der Waals surface area contributed by atoms with Crippen LogP contribution >= 0.6 is 12.4 Å². The number of sulfonamides is 2. The van der Waals surface area contributed by atoms with Crippen molar-refractivity contribution in [2.45, 2.75) is 17.7 Å². The Balaban J connectivity index is 0.00000288. The number of hydrogen-bond donors (Lipinski definition) is 3. The summed E-state index contributed by atoms with van der Waals surface area (Å²) in [4.78, 5) is -0.238. The molecule has 0 aromatic heterocycles. The zero-order chi connectivity index (χ0) is 17.1. The fourth-order valence-corrected chi connectivity index (χ4v) is 4.05. The molecule has 138 valence electrons. The largest absolute Gasteiger partial charge is 0.316 e. The van der Waals surface area contributed by atoms with Crippen LogP contribution in [0.3, 0.4) is 0 Å². The highest BCUT2D eigenvalue weighted by Crippen LogP contribution is 2.20. The van der Waals surface area contributed by atoms with E-state index in [4.69, 9.17) is 0 Å². The van der Waals surface area contributed by atoms with Crippen molar-refractivity contribution >= 4 is 38.1 Å². The third kappa shape index (κ3) is 6.17. The number of anilines is 1. The summed E-state index contributed by atoms with van der Waals surface area (Å²) in [7, 11) is -7.47. The molecular weight excluding hydrogens is 381 g/mol. The smallest absolute Gasteiger partial charge is 0.240 e. The van der Waals surface area contributed by atoms with Crippen LogP contribution in [0.4, 0.5) is 10.1 Å². The second-order valence-electron chi connectivity index (χ2n) is 5.58. The molecule has 2 rings (SSSR count). The zero-order valence-corrected chi connectivity index (χ0v) is 15.5. The molecule has 1 heterocycles. The van der Waals surface area contributed by atoms with Crippen LogP contribution in [-0.2, 0) is 20.0 Å². The highest BCUT2D eigenvalue weighted by Gasteiger charge is 2.20. The number of nitrogens with one attached hydrogen (secondary N) is 3. The Hall–Kier alpha value is -0.940. The van der Waals surface area contributed by atoms with E-state index in [1.807, 2.05) is 4.72 Å². The molecule has 1 atom stereocenters. The molecule has 1 saturated heterocycles. The molecule has 0 spiro atoms. The molecule has 1 aromatic carbocycles. The lowest BCUT2D eigenvalue weighted by Crippen LogP contribution is -2.38. The molecule has 1 unspecified atom stereocenters. The summed E-state index contributed by atoms with van der Waals surface area (Å²) >= 11 is 0. The van der Waals surface area contributed by atoms with Crippen LogP contribution in [0.5, 0.6) is 0 Å². The molecule has 0 saturated carbocycles. The Labute approximate surface area is 147 Å². The summed E-state index contributed by atoms with van der Waals surface area (Å²) in [6.45, 7) is 1.96. The van der Waals surface area contributed by atoms with Gasteiger partial charge in [-0.15, -0.1) is 12.4 Å². The Morgan fingerprint density at radius 2 is 2.00 bits per heavy atom. The predicted molar refractivity (Wildman–Crippen MR) is 92.9 cm³/mol. The molecule has 1 aliphatic heterocycles. The molecule has 0 radical (unpaired) electrons. The van der Waals surface area contributed by atoms with Gasteiger partial charge in [-0.2, -0.15) is 0 Å². The molecule has 7 nitrogen and oxygen atoms in total. The molecule has 1 aromatic rings. The first-order valence-electron chi connectivity index (χ1n) is 7.15. The van der Waals surface area contributed by atoms with Crippen molar-refractivity contribution < 1.29 is 21.2 Å². The van der Waals surface area contributed by atoms with Gasteiger partial charge in [-0.05, 0) is 50.0 Å². The number of hydrogen-bond acceptors (Lipinski definition) is 5. The minimum Gasteiger partial charge on any atom is -0.316 e. The number of benzene rings is 1. The van der Waals surface area contributed by atoms with Crippen molar-refractivity contribution in [3.63, 3.8) is 0 Å². The van der Waals surface area contributed by atoms with Crippen molar-refractivity contribution in [3.05, 3.63) is 24.0 Å². The van der Waals surface area contributed by atoms with Gasteiger partial charge in [0.25, 0.3) is 0 Å². The minimum atomic E-state index is -3.84. The SMILES string of the molecule is CS(=O)(=O)Nc1ccc(S(=O)(=O)NCC2CCCNC2)cc1F.Cl. The van der Waals surface area contributed by atoms with E-state index in [-0.39, 0.29) is 35.5 Å². The van der Waals surface area contributed by atoms with Gasteiger partial charge in [0.05, 0.1) is 16.8 Å². The van der Waals surface area contributed by atoms with E-state index in [1.165, 1.54) is 0 Å². The van der Waals surface area contributed by atoms with Crippen molar-refractivity contribution in [1.29, 1.82) is 0 Å². The monoisotopic (exact) mass is 401 g/mol. The van der Waals surface area contributed by atoms with E-state index >= 15 is 0 Å². The first-order chi connectivity index (χ1) is 10.7. The van der Waals surface area contributed by atoms with Gasteiger partial charge >= 0.3 is 0 Å². The van der Waals surface area contributed by atoms with Gasteiger partial charge in [-0.25, -0.2) is 25.9 Å². The molecule has 3 N–H and O–H groups in total. The van der Waals surface area contributed by atoms with Crippen LogP contribution in [0.1, 0.15) is 12.8 Å². The molecule has 1 fully saturated rings. The molecule has 0 aliphatic carbocycles. The van der Waals surface area contributed by atoms with E-state index in [0.717, 1.165) is 50.4 Å². The maximum absolute atomic E-state index is 13.9. The standard InChI is InChI=1S/C13H20FN3O4S2.ClH/c1-22(18,19)17-13-5-4-11(7-12(13)14)23(20,21)16-9-10-3-2-6-15-8-10;/h4-5,7,10,15-17H,2-3,6,8-9H2,1H3;1H. The Morgan fingerprint density at radius 1 is 1.29 bits per heavy atom. The highest BCUT2D eigenvalue weighted by atomic mass is 35.5. The van der Waals surface area contributed by atoms with E-state index in [1.54, 1.807) is 0 Å². The van der Waals surface area contributed by atoms with Crippen LogP contribution in [0, 0.1) is 11.7 Å². The molecular formula is C13H21ClFN3O4S2. The maximum atomic E-state index is 13.9. The summed E-state index contributed by atoms with van der Waals surface area (Å²) in [5, 5.41) is 3.19. The fourth-order valence-electron chi connectivity index (χ4n) is 2.35. The highest BCUT2D eigenvalue weighted by molar-refractivity contribution is 7.92. The average Bonchev–Trinajstić information content (AvgIpc) is 2.47. The quantitative estimate of drug-likeness (QED) is 0.656. The van der Waals surface area contributed by atoms with Crippen molar-refractivity contribution in [2.75, 3.05) is 30.6 Å². The van der Waals surface area contributed by atoms with Crippen LogP contribution in [-0.4, -0.2) is 42.7 Å². The van der Waals surface area contributed by atoms with Crippen LogP contribution in [0.15, 0.2) is 23.1 Å². The molecule has 11 heteroatoms. The van der Waals surface area contributed by atoms with Crippen molar-refractivity contribution in [2.24, 2.45) is 5.92 Å². The van der Waals surface area contributed by atoms with Crippen LogP contribution in [0.2, 0.25) is 0 Å². The lowest BCUT2D eigenvalue weighted by Gasteiger charge is -2.22. The van der Waals surface area contributed by atoms with Gasteiger partial charge in [0, 0.05) is 6.54 Å². The van der Waals surface area contributed by atoms with E-state index in [2.05, 4.69) is 10.0 Å². The third-order valence-corrected chi connectivity index (χ3v) is 5.52. The Morgan fingerprint density at radius 3 is 2.54 bits per heavy atom. The zero-order valence-electron chi connectivity index (χ0n) is 13.1. The first kappa shape index (κ1) is 21.1. The topological polar surface area (TPSA) is 104 Å². The summed E-state index contributed by atoms with van der Waals surface area (Å²) < 4.78 is 64.9. The van der Waals surface area contributed by atoms with Gasteiger partial charge in [0.15, 0.2) is 0 Å². The number of halogens is 2. The Bertz CT molecular complexity index is 765. The number of piperidine rings is 1. The van der Waals surface area contributed by atoms with Gasteiger partial charge in [0.2, 0.25) is 20.0 Å². The second-order valence-corrected chi connectivity index (χ2v) is 9.10. The normalized spacial score (nSPS) is 18.7. The van der Waals surface area contributed by atoms with Gasteiger partial charge in [0.1, 0.15) is 5.82 Å². The van der Waals surface area contributed by atoms with E-state index in [9.17, 15) is 21.2 Å². The molecule has 0 amide bonds. The van der Waals surface area contributed by atoms with Gasteiger partial charge in [-0.1, -0.05) is 0 Å². The first-order valence-corrected chi connectivity index (χ1v) is 10.5. The molecule has 0 bridgehead atoms. The lowest BCUT2D eigenvalue weighted by atomic mass is 10.0. The average molecular weight is 402 g/mol. The van der Waals surface area contributed by atoms with Crippen LogP contribution < -0.4 is 14.8 Å². The lowest BCUT2D eigenvalue weighted by molar-refractivity contribution is 0.376. The second kappa shape index (κ2) is 8.43. The van der Waals surface area contributed by atoms with Gasteiger partial charge < -0.3 is 5.32 Å².